The Labute approximate surface area is 240 Å². The van der Waals surface area contributed by atoms with Gasteiger partial charge in [0, 0.05) is 22.7 Å². The van der Waals surface area contributed by atoms with Crippen molar-refractivity contribution >= 4 is 11.6 Å². The van der Waals surface area contributed by atoms with E-state index in [0.717, 1.165) is 29.7 Å². The number of aromatic nitrogens is 2. The third-order valence-corrected chi connectivity index (χ3v) is 8.30. The fourth-order valence-corrected chi connectivity index (χ4v) is 5.83. The zero-order chi connectivity index (χ0) is 28.4. The molecule has 208 valence electrons. The number of nitrogens with zero attached hydrogens (tertiary/aromatic N) is 2. The molecule has 1 aliphatic carbocycles. The van der Waals surface area contributed by atoms with Crippen LogP contribution in [0.5, 0.6) is 0 Å². The lowest BCUT2D eigenvalue weighted by Crippen LogP contribution is -2.19. The van der Waals surface area contributed by atoms with Crippen molar-refractivity contribution in [1.82, 2.24) is 9.55 Å². The molecule has 0 bridgehead atoms. The van der Waals surface area contributed by atoms with Gasteiger partial charge in [0.05, 0.1) is 12.0 Å². The van der Waals surface area contributed by atoms with E-state index in [0.29, 0.717) is 23.2 Å². The second kappa shape index (κ2) is 11.2. The molecule has 0 saturated heterocycles. The van der Waals surface area contributed by atoms with Gasteiger partial charge in [-0.15, -0.1) is 0 Å². The number of carbonyl (C=O) groups excluding carboxylic acids is 1. The van der Waals surface area contributed by atoms with Crippen molar-refractivity contribution in [2.24, 2.45) is 0 Å². The predicted molar refractivity (Wildman–Crippen MR) is 160 cm³/mol. The van der Waals surface area contributed by atoms with Crippen molar-refractivity contribution in [2.75, 3.05) is 5.32 Å². The van der Waals surface area contributed by atoms with E-state index < -0.39 is 0 Å². The van der Waals surface area contributed by atoms with E-state index in [9.17, 15) is 9.18 Å². The van der Waals surface area contributed by atoms with Gasteiger partial charge < -0.3 is 14.3 Å². The summed E-state index contributed by atoms with van der Waals surface area (Å²) in [5.41, 5.74) is 5.25. The van der Waals surface area contributed by atoms with E-state index in [1.54, 1.807) is 18.2 Å². The molecule has 1 amide bonds. The number of furan rings is 1. The zero-order valence-corrected chi connectivity index (χ0v) is 23.4. The van der Waals surface area contributed by atoms with Crippen LogP contribution in [0, 0.1) is 5.82 Å². The minimum Gasteiger partial charge on any atom is -0.449 e. The Bertz CT molecular complexity index is 1630. The fourth-order valence-electron chi connectivity index (χ4n) is 5.83. The highest BCUT2D eigenvalue weighted by atomic mass is 19.1. The van der Waals surface area contributed by atoms with Gasteiger partial charge in [0.1, 0.15) is 11.5 Å². The molecule has 2 aromatic heterocycles. The summed E-state index contributed by atoms with van der Waals surface area (Å²) >= 11 is 0. The number of imidazole rings is 1. The van der Waals surface area contributed by atoms with Crippen LogP contribution < -0.4 is 5.32 Å². The van der Waals surface area contributed by atoms with Crippen molar-refractivity contribution in [3.05, 3.63) is 120 Å². The number of amides is 1. The van der Waals surface area contributed by atoms with Gasteiger partial charge in [-0.1, -0.05) is 75.6 Å². The lowest BCUT2D eigenvalue weighted by Gasteiger charge is -2.26. The van der Waals surface area contributed by atoms with Crippen LogP contribution in [0.4, 0.5) is 10.1 Å². The Morgan fingerprint density at radius 3 is 2.27 bits per heavy atom. The van der Waals surface area contributed by atoms with Gasteiger partial charge >= 0.3 is 0 Å². The Hall–Kier alpha value is -4.45. The molecule has 1 aliphatic rings. The highest BCUT2D eigenvalue weighted by molar-refractivity contribution is 6.02. The standard InChI is InChI=1S/C35H34FN3O2/c1-35(2,25-9-5-3-6-10-25)26-15-19-28(20-16-26)38-34(40)31-22-21-30(41-31)33-32(24-13-17-27(36)18-14-24)37-23-39(33)29-11-7-4-8-12-29/h3,5-6,9-10,13-23,29H,4,7-8,11-12H2,1-2H3,(H,38,40). The van der Waals surface area contributed by atoms with Crippen LogP contribution in [-0.4, -0.2) is 15.5 Å². The summed E-state index contributed by atoms with van der Waals surface area (Å²) in [6, 6.07) is 28.5. The number of rotatable bonds is 7. The molecule has 6 rings (SSSR count). The van der Waals surface area contributed by atoms with Crippen LogP contribution in [0.15, 0.2) is 102 Å². The largest absolute Gasteiger partial charge is 0.449 e. The second-order valence-corrected chi connectivity index (χ2v) is 11.3. The normalized spacial score (nSPS) is 14.2. The van der Waals surface area contributed by atoms with Gasteiger partial charge in [0.15, 0.2) is 11.5 Å². The minimum absolute atomic E-state index is 0.163. The van der Waals surface area contributed by atoms with Crippen molar-refractivity contribution in [3.8, 4) is 22.7 Å². The molecule has 1 fully saturated rings. The number of halogens is 1. The average Bonchev–Trinajstić information content (AvgIpc) is 3.67. The lowest BCUT2D eigenvalue weighted by molar-refractivity contribution is 0.0997. The van der Waals surface area contributed by atoms with Gasteiger partial charge in [-0.2, -0.15) is 0 Å². The zero-order valence-electron chi connectivity index (χ0n) is 23.4. The molecule has 3 aromatic carbocycles. The van der Waals surface area contributed by atoms with Crippen LogP contribution in [0.2, 0.25) is 0 Å². The predicted octanol–water partition coefficient (Wildman–Crippen LogP) is 9.03. The van der Waals surface area contributed by atoms with Gasteiger partial charge in [0.25, 0.3) is 5.91 Å². The monoisotopic (exact) mass is 547 g/mol. The molecule has 0 aliphatic heterocycles. The van der Waals surface area contributed by atoms with Crippen LogP contribution in [0.25, 0.3) is 22.7 Å². The first-order valence-corrected chi connectivity index (χ1v) is 14.3. The third-order valence-electron chi connectivity index (χ3n) is 8.30. The van der Waals surface area contributed by atoms with E-state index >= 15 is 0 Å². The SMILES string of the molecule is CC(C)(c1ccccc1)c1ccc(NC(=O)c2ccc(-c3c(-c4ccc(F)cc4)ncn3C3CCCCC3)o2)cc1. The number of hydrogen-bond donors (Lipinski definition) is 1. The summed E-state index contributed by atoms with van der Waals surface area (Å²) in [7, 11) is 0. The first-order chi connectivity index (χ1) is 19.9. The summed E-state index contributed by atoms with van der Waals surface area (Å²) in [6.07, 6.45) is 7.56. The number of hydrogen-bond acceptors (Lipinski definition) is 3. The molecule has 0 atom stereocenters. The third kappa shape index (κ3) is 5.47. The maximum absolute atomic E-state index is 13.7. The summed E-state index contributed by atoms with van der Waals surface area (Å²) in [6.45, 7) is 4.39. The highest BCUT2D eigenvalue weighted by Gasteiger charge is 2.26. The molecule has 0 unspecified atom stereocenters. The Morgan fingerprint density at radius 2 is 1.56 bits per heavy atom. The van der Waals surface area contributed by atoms with Crippen LogP contribution in [0.3, 0.4) is 0 Å². The number of carbonyl (C=O) groups is 1. The first-order valence-electron chi connectivity index (χ1n) is 14.3. The van der Waals surface area contributed by atoms with Crippen molar-refractivity contribution in [3.63, 3.8) is 0 Å². The molecule has 6 heteroatoms. The van der Waals surface area contributed by atoms with E-state index in [1.165, 1.54) is 37.0 Å². The quantitative estimate of drug-likeness (QED) is 0.221. The molecule has 1 N–H and O–H groups in total. The molecule has 5 nitrogen and oxygen atoms in total. The molecular formula is C35H34FN3O2. The molecule has 5 aromatic rings. The van der Waals surface area contributed by atoms with E-state index in [4.69, 9.17) is 9.40 Å². The Morgan fingerprint density at radius 1 is 0.878 bits per heavy atom. The smallest absolute Gasteiger partial charge is 0.291 e. The van der Waals surface area contributed by atoms with Crippen LogP contribution >= 0.6 is 0 Å². The molecule has 0 spiro atoms. The number of nitrogens with one attached hydrogen (secondary N) is 1. The second-order valence-electron chi connectivity index (χ2n) is 11.3. The fraction of sp³-hybridized carbons (Fsp3) is 0.257. The van der Waals surface area contributed by atoms with Crippen molar-refractivity contribution in [1.29, 1.82) is 0 Å². The summed E-state index contributed by atoms with van der Waals surface area (Å²) < 4.78 is 22.0. The summed E-state index contributed by atoms with van der Waals surface area (Å²) in [5, 5.41) is 2.97. The van der Waals surface area contributed by atoms with E-state index in [1.807, 2.05) is 54.9 Å². The molecule has 0 radical (unpaired) electrons. The molecule has 2 heterocycles. The summed E-state index contributed by atoms with van der Waals surface area (Å²) in [4.78, 5) is 17.9. The van der Waals surface area contributed by atoms with E-state index in [-0.39, 0.29) is 22.9 Å². The first kappa shape index (κ1) is 26.8. The number of benzene rings is 3. The van der Waals surface area contributed by atoms with E-state index in [2.05, 4.69) is 35.9 Å². The van der Waals surface area contributed by atoms with Gasteiger partial charge in [-0.05, 0) is 72.5 Å². The number of anilines is 1. The Kier molecular flexibility index (Phi) is 7.31. The molecular weight excluding hydrogens is 513 g/mol. The maximum Gasteiger partial charge on any atom is 0.291 e. The van der Waals surface area contributed by atoms with Gasteiger partial charge in [-0.25, -0.2) is 9.37 Å². The van der Waals surface area contributed by atoms with Crippen LogP contribution in [-0.2, 0) is 5.41 Å². The highest BCUT2D eigenvalue weighted by Crippen LogP contribution is 2.38. The topological polar surface area (TPSA) is 60.1 Å². The van der Waals surface area contributed by atoms with Crippen molar-refractivity contribution in [2.45, 2.75) is 57.4 Å². The van der Waals surface area contributed by atoms with Gasteiger partial charge in [-0.3, -0.25) is 4.79 Å². The van der Waals surface area contributed by atoms with Gasteiger partial charge in [0.2, 0.25) is 0 Å². The molecule has 1 saturated carbocycles. The maximum atomic E-state index is 13.7. The lowest BCUT2D eigenvalue weighted by atomic mass is 9.78. The molecule has 41 heavy (non-hydrogen) atoms. The average molecular weight is 548 g/mol. The van der Waals surface area contributed by atoms with Crippen LogP contribution in [0.1, 0.15) is 73.7 Å². The Balaban J connectivity index is 1.25. The minimum atomic E-state index is -0.321. The van der Waals surface area contributed by atoms with Crippen molar-refractivity contribution < 1.29 is 13.6 Å². The summed E-state index contributed by atoms with van der Waals surface area (Å²) in [5.74, 6) is 0.168.